The number of benzene rings is 3. The molecule has 3 aromatic carbocycles. The van der Waals surface area contributed by atoms with Crippen molar-refractivity contribution in [2.45, 2.75) is 31.9 Å². The van der Waals surface area contributed by atoms with Crippen molar-refractivity contribution in [3.63, 3.8) is 0 Å². The molecule has 5 rings (SSSR count). The lowest BCUT2D eigenvalue weighted by molar-refractivity contribution is -0.139. The van der Waals surface area contributed by atoms with Crippen LogP contribution in [0.3, 0.4) is 0 Å². The van der Waals surface area contributed by atoms with E-state index in [9.17, 15) is 19.8 Å². The van der Waals surface area contributed by atoms with Crippen LogP contribution < -0.4 is 9.47 Å². The molecule has 8 heteroatoms. The summed E-state index contributed by atoms with van der Waals surface area (Å²) in [4.78, 5) is 28.2. The number of aromatic hydroxyl groups is 1. The lowest BCUT2D eigenvalue weighted by Crippen LogP contribution is -2.31. The molecular weight excluding hydrogens is 538 g/mol. The molecule has 190 valence electrons. The molecule has 0 spiro atoms. The van der Waals surface area contributed by atoms with Gasteiger partial charge >= 0.3 is 0 Å². The van der Waals surface area contributed by atoms with E-state index in [0.717, 1.165) is 16.9 Å². The highest BCUT2D eigenvalue weighted by atomic mass is 79.9. The summed E-state index contributed by atoms with van der Waals surface area (Å²) in [6, 6.07) is 17.3. The minimum Gasteiger partial charge on any atom is -0.507 e. The van der Waals surface area contributed by atoms with E-state index in [-0.39, 0.29) is 35.5 Å². The van der Waals surface area contributed by atoms with Gasteiger partial charge in [-0.05, 0) is 76.3 Å². The predicted octanol–water partition coefficient (Wildman–Crippen LogP) is 5.15. The minimum atomic E-state index is -0.877. The molecule has 0 radical (unpaired) electrons. The number of phenols is 1. The van der Waals surface area contributed by atoms with Gasteiger partial charge in [-0.2, -0.15) is 0 Å². The Hall–Kier alpha value is -3.78. The number of Topliss-reactive ketones (excluding diaryl/α,β-unsaturated/α-hetero) is 1. The number of hydrogen-bond acceptors (Lipinski definition) is 6. The highest BCUT2D eigenvalue weighted by molar-refractivity contribution is 9.10. The first-order valence-corrected chi connectivity index (χ1v) is 12.8. The summed E-state index contributed by atoms with van der Waals surface area (Å²) in [6.45, 7) is 2.22. The SMILES string of the molecule is COc1cc([C@@H]2C(=C(O)c3ccc4c(c3)C[C@@H](C)O4)C(=O)C(=O)N2CCc2ccccc2)cc(Br)c1O. The first-order valence-electron chi connectivity index (χ1n) is 12.0. The summed E-state index contributed by atoms with van der Waals surface area (Å²) < 4.78 is 11.4. The molecule has 2 aliphatic rings. The molecule has 7 nitrogen and oxygen atoms in total. The molecule has 0 aromatic heterocycles. The number of methoxy groups -OCH3 is 1. The fourth-order valence-corrected chi connectivity index (χ4v) is 5.44. The van der Waals surface area contributed by atoms with Crippen molar-refractivity contribution in [3.8, 4) is 17.2 Å². The number of likely N-dealkylation sites (tertiary alicyclic amines) is 1. The number of halogens is 1. The molecule has 2 aliphatic heterocycles. The average Bonchev–Trinajstić information content (AvgIpc) is 3.39. The van der Waals surface area contributed by atoms with Gasteiger partial charge in [-0.15, -0.1) is 0 Å². The normalized spacial score (nSPS) is 20.1. The van der Waals surface area contributed by atoms with Gasteiger partial charge in [0.15, 0.2) is 11.5 Å². The molecule has 0 aliphatic carbocycles. The van der Waals surface area contributed by atoms with Crippen molar-refractivity contribution in [2.75, 3.05) is 13.7 Å². The van der Waals surface area contributed by atoms with Crippen molar-refractivity contribution in [3.05, 3.63) is 93.0 Å². The van der Waals surface area contributed by atoms with Gasteiger partial charge in [0.2, 0.25) is 0 Å². The summed E-state index contributed by atoms with van der Waals surface area (Å²) in [5, 5.41) is 21.8. The topological polar surface area (TPSA) is 96.3 Å². The molecule has 1 fully saturated rings. The molecular formula is C29H26BrNO6. The second-order valence-corrected chi connectivity index (χ2v) is 10.1. The van der Waals surface area contributed by atoms with Crippen molar-refractivity contribution in [2.24, 2.45) is 0 Å². The number of phenolic OH excluding ortho intramolecular Hbond substituents is 1. The van der Waals surface area contributed by atoms with Gasteiger partial charge < -0.3 is 24.6 Å². The molecule has 2 heterocycles. The number of aliphatic hydroxyl groups is 1. The van der Waals surface area contributed by atoms with Gasteiger partial charge in [0.05, 0.1) is 23.2 Å². The summed E-state index contributed by atoms with van der Waals surface area (Å²) in [7, 11) is 1.42. The fraction of sp³-hybridized carbons (Fsp3) is 0.241. The minimum absolute atomic E-state index is 0.00961. The van der Waals surface area contributed by atoms with E-state index >= 15 is 0 Å². The van der Waals surface area contributed by atoms with Crippen molar-refractivity contribution < 1.29 is 29.3 Å². The molecule has 37 heavy (non-hydrogen) atoms. The Labute approximate surface area is 223 Å². The van der Waals surface area contributed by atoms with Crippen LogP contribution >= 0.6 is 15.9 Å². The van der Waals surface area contributed by atoms with E-state index in [1.165, 1.54) is 12.0 Å². The summed E-state index contributed by atoms with van der Waals surface area (Å²) in [5.74, 6) is -0.873. The number of ketones is 1. The third-order valence-corrected chi connectivity index (χ3v) is 7.38. The number of carbonyl (C=O) groups excluding carboxylic acids is 2. The van der Waals surface area contributed by atoms with Gasteiger partial charge in [-0.25, -0.2) is 0 Å². The van der Waals surface area contributed by atoms with E-state index in [1.54, 1.807) is 30.3 Å². The maximum Gasteiger partial charge on any atom is 0.295 e. The van der Waals surface area contributed by atoms with Crippen LogP contribution in [0.4, 0.5) is 0 Å². The van der Waals surface area contributed by atoms with Crippen LogP contribution in [0.1, 0.15) is 35.2 Å². The Kier molecular flexibility index (Phi) is 6.69. The van der Waals surface area contributed by atoms with Crippen LogP contribution in [0.25, 0.3) is 5.76 Å². The maximum absolute atomic E-state index is 13.4. The molecule has 1 saturated heterocycles. The monoisotopic (exact) mass is 563 g/mol. The Morgan fingerprint density at radius 3 is 2.62 bits per heavy atom. The first kappa shape index (κ1) is 24.9. The molecule has 2 N–H and O–H groups in total. The Bertz CT molecular complexity index is 1420. The van der Waals surface area contributed by atoms with E-state index in [1.807, 2.05) is 37.3 Å². The molecule has 0 saturated carbocycles. The van der Waals surface area contributed by atoms with Gasteiger partial charge in [0.25, 0.3) is 11.7 Å². The van der Waals surface area contributed by atoms with Crippen LogP contribution in [0.5, 0.6) is 17.2 Å². The highest BCUT2D eigenvalue weighted by Gasteiger charge is 2.46. The largest absolute Gasteiger partial charge is 0.507 e. The van der Waals surface area contributed by atoms with Crippen LogP contribution in [-0.4, -0.2) is 46.6 Å². The quantitative estimate of drug-likeness (QED) is 0.244. The number of amides is 1. The maximum atomic E-state index is 13.4. The van der Waals surface area contributed by atoms with E-state index in [0.29, 0.717) is 28.4 Å². The number of rotatable bonds is 6. The first-order chi connectivity index (χ1) is 17.8. The number of ether oxygens (including phenoxy) is 2. The van der Waals surface area contributed by atoms with Crippen molar-refractivity contribution >= 4 is 33.4 Å². The highest BCUT2D eigenvalue weighted by Crippen LogP contribution is 2.44. The number of nitrogens with zero attached hydrogens (tertiary/aromatic N) is 1. The number of carbonyl (C=O) groups is 2. The predicted molar refractivity (Wildman–Crippen MR) is 142 cm³/mol. The molecule has 1 amide bonds. The van der Waals surface area contributed by atoms with Crippen LogP contribution in [-0.2, 0) is 22.4 Å². The number of hydrogen-bond donors (Lipinski definition) is 2. The van der Waals surface area contributed by atoms with Gasteiger partial charge in [0, 0.05) is 18.5 Å². The van der Waals surface area contributed by atoms with Gasteiger partial charge in [-0.1, -0.05) is 30.3 Å². The fourth-order valence-electron chi connectivity index (χ4n) is 4.98. The summed E-state index contributed by atoms with van der Waals surface area (Å²) in [6.07, 6.45) is 1.24. The smallest absolute Gasteiger partial charge is 0.295 e. The third kappa shape index (κ3) is 4.57. The zero-order chi connectivity index (χ0) is 26.3. The van der Waals surface area contributed by atoms with Gasteiger partial charge in [-0.3, -0.25) is 9.59 Å². The molecule has 3 aromatic rings. The lowest BCUT2D eigenvalue weighted by Gasteiger charge is -2.26. The van der Waals surface area contributed by atoms with Crippen LogP contribution in [0, 0.1) is 0 Å². The van der Waals surface area contributed by atoms with Crippen LogP contribution in [0.15, 0.2) is 70.7 Å². The number of aliphatic hydroxyl groups excluding tert-OH is 1. The Morgan fingerprint density at radius 2 is 1.89 bits per heavy atom. The van der Waals surface area contributed by atoms with E-state index in [2.05, 4.69) is 15.9 Å². The summed E-state index contributed by atoms with van der Waals surface area (Å²) in [5.41, 5.74) is 2.89. The Morgan fingerprint density at radius 1 is 1.14 bits per heavy atom. The van der Waals surface area contributed by atoms with E-state index in [4.69, 9.17) is 9.47 Å². The average molecular weight is 564 g/mol. The molecule has 0 bridgehead atoms. The van der Waals surface area contributed by atoms with Crippen LogP contribution in [0.2, 0.25) is 0 Å². The number of fused-ring (bicyclic) bond motifs is 1. The third-order valence-electron chi connectivity index (χ3n) is 6.78. The second kappa shape index (κ2) is 9.94. The second-order valence-electron chi connectivity index (χ2n) is 9.24. The van der Waals surface area contributed by atoms with Crippen molar-refractivity contribution in [1.29, 1.82) is 0 Å². The zero-order valence-electron chi connectivity index (χ0n) is 20.4. The lowest BCUT2D eigenvalue weighted by atomic mass is 9.94. The van der Waals surface area contributed by atoms with E-state index < -0.39 is 17.7 Å². The zero-order valence-corrected chi connectivity index (χ0v) is 22.0. The molecule has 2 atom stereocenters. The van der Waals surface area contributed by atoms with Crippen molar-refractivity contribution in [1.82, 2.24) is 4.90 Å². The van der Waals surface area contributed by atoms with Gasteiger partial charge in [0.1, 0.15) is 17.6 Å². The Balaban J connectivity index is 1.62. The standard InChI is InChI=1S/C29H26BrNO6/c1-16-12-19-13-18(8-9-22(19)37-16)26(32)24-25(20-14-21(30)27(33)23(15-20)36-2)31(29(35)28(24)34)11-10-17-6-4-3-5-7-17/h3-9,13-16,25,32-33H,10-12H2,1-2H3/t16-,25-/m1/s1. The molecule has 0 unspecified atom stereocenters. The summed E-state index contributed by atoms with van der Waals surface area (Å²) >= 11 is 3.34.